The number of carbonyl (C=O) groups is 2. The van der Waals surface area contributed by atoms with E-state index in [4.69, 9.17) is 5.11 Å². The van der Waals surface area contributed by atoms with Gasteiger partial charge in [-0.25, -0.2) is 9.78 Å². The van der Waals surface area contributed by atoms with Crippen molar-refractivity contribution in [2.75, 3.05) is 0 Å². The molecule has 1 heterocycles. The van der Waals surface area contributed by atoms with E-state index in [9.17, 15) is 14.4 Å². The second-order valence-electron chi connectivity index (χ2n) is 5.09. The number of rotatable bonds is 3. The fourth-order valence-electron chi connectivity index (χ4n) is 2.27. The Bertz CT molecular complexity index is 988. The van der Waals surface area contributed by atoms with Crippen molar-refractivity contribution in [1.29, 1.82) is 0 Å². The second-order valence-corrected chi connectivity index (χ2v) is 5.09. The van der Waals surface area contributed by atoms with Crippen molar-refractivity contribution in [2.24, 2.45) is 0 Å². The average Bonchev–Trinajstić information content (AvgIpc) is 2.54. The van der Waals surface area contributed by atoms with Gasteiger partial charge in [0.05, 0.1) is 16.5 Å². The van der Waals surface area contributed by atoms with Crippen LogP contribution in [0.15, 0.2) is 47.3 Å². The number of benzene rings is 2. The van der Waals surface area contributed by atoms with Crippen molar-refractivity contribution in [3.8, 4) is 11.4 Å². The Hall–Kier alpha value is -3.28. The molecule has 0 saturated heterocycles. The number of carbonyl (C=O) groups excluding carboxylic acids is 1. The number of aromatic nitrogens is 2. The second kappa shape index (κ2) is 5.49. The molecule has 3 aromatic rings. The fourth-order valence-corrected chi connectivity index (χ4v) is 2.27. The van der Waals surface area contributed by atoms with Gasteiger partial charge >= 0.3 is 5.97 Å². The van der Waals surface area contributed by atoms with E-state index in [-0.39, 0.29) is 16.9 Å². The number of hydrogen-bond acceptors (Lipinski definition) is 4. The van der Waals surface area contributed by atoms with Gasteiger partial charge in [0, 0.05) is 11.1 Å². The van der Waals surface area contributed by atoms with Gasteiger partial charge in [0.1, 0.15) is 5.82 Å². The van der Waals surface area contributed by atoms with Gasteiger partial charge in [-0.1, -0.05) is 24.3 Å². The Morgan fingerprint density at radius 2 is 1.70 bits per heavy atom. The van der Waals surface area contributed by atoms with Gasteiger partial charge in [0.15, 0.2) is 5.78 Å². The molecule has 0 bridgehead atoms. The number of fused-ring (bicyclic) bond motifs is 1. The first-order valence-corrected chi connectivity index (χ1v) is 6.84. The lowest BCUT2D eigenvalue weighted by Crippen LogP contribution is -2.10. The van der Waals surface area contributed by atoms with Crippen molar-refractivity contribution in [1.82, 2.24) is 9.97 Å². The molecule has 0 aliphatic carbocycles. The molecule has 0 radical (unpaired) electrons. The Morgan fingerprint density at radius 1 is 1.04 bits per heavy atom. The Morgan fingerprint density at radius 3 is 2.30 bits per heavy atom. The van der Waals surface area contributed by atoms with Crippen LogP contribution in [0.4, 0.5) is 0 Å². The van der Waals surface area contributed by atoms with E-state index in [1.165, 1.54) is 25.1 Å². The van der Waals surface area contributed by atoms with E-state index >= 15 is 0 Å². The number of carboxylic acids is 1. The maximum absolute atomic E-state index is 12.1. The maximum Gasteiger partial charge on any atom is 0.335 e. The minimum Gasteiger partial charge on any atom is -0.478 e. The molecule has 23 heavy (non-hydrogen) atoms. The molecule has 2 aromatic carbocycles. The zero-order valence-electron chi connectivity index (χ0n) is 12.2. The molecule has 6 heteroatoms. The average molecular weight is 308 g/mol. The normalized spacial score (nSPS) is 10.7. The van der Waals surface area contributed by atoms with Gasteiger partial charge in [-0.05, 0) is 25.1 Å². The smallest absolute Gasteiger partial charge is 0.335 e. The first kappa shape index (κ1) is 14.6. The Balaban J connectivity index is 2.16. The minimum atomic E-state index is -1.08. The molecule has 0 saturated carbocycles. The van der Waals surface area contributed by atoms with Crippen LogP contribution in [0.1, 0.15) is 27.6 Å². The van der Waals surface area contributed by atoms with E-state index in [0.29, 0.717) is 27.9 Å². The summed E-state index contributed by atoms with van der Waals surface area (Å²) in [7, 11) is 0. The van der Waals surface area contributed by atoms with Crippen LogP contribution in [0.25, 0.3) is 22.3 Å². The lowest BCUT2D eigenvalue weighted by molar-refractivity contribution is 0.0696. The third-order valence-electron chi connectivity index (χ3n) is 3.52. The Kier molecular flexibility index (Phi) is 3.50. The number of hydrogen-bond donors (Lipinski definition) is 2. The molecule has 0 unspecified atom stereocenters. The van der Waals surface area contributed by atoms with Gasteiger partial charge in [-0.3, -0.25) is 9.59 Å². The molecule has 0 spiro atoms. The monoisotopic (exact) mass is 308 g/mol. The summed E-state index contributed by atoms with van der Waals surface area (Å²) < 4.78 is 0. The molecule has 0 amide bonds. The molecule has 0 aliphatic heterocycles. The number of nitrogens with zero attached hydrogens (tertiary/aromatic N) is 1. The third-order valence-corrected chi connectivity index (χ3v) is 3.52. The fraction of sp³-hybridized carbons (Fsp3) is 0.0588. The molecule has 0 fully saturated rings. The highest BCUT2D eigenvalue weighted by Crippen LogP contribution is 2.18. The summed E-state index contributed by atoms with van der Waals surface area (Å²) in [6, 6.07) is 10.8. The van der Waals surface area contributed by atoms with E-state index in [2.05, 4.69) is 9.97 Å². The lowest BCUT2D eigenvalue weighted by atomic mass is 10.1. The predicted octanol–water partition coefficient (Wildman–Crippen LogP) is 2.49. The van der Waals surface area contributed by atoms with Gasteiger partial charge in [0.25, 0.3) is 5.56 Å². The summed E-state index contributed by atoms with van der Waals surface area (Å²) in [4.78, 5) is 41.5. The summed E-state index contributed by atoms with van der Waals surface area (Å²) >= 11 is 0. The number of nitrogens with one attached hydrogen (secondary N) is 1. The number of Topliss-reactive ketones (excluding diaryl/α,β-unsaturated/α-hetero) is 1. The van der Waals surface area contributed by atoms with E-state index < -0.39 is 5.97 Å². The van der Waals surface area contributed by atoms with Crippen molar-refractivity contribution < 1.29 is 14.7 Å². The number of aromatic amines is 1. The van der Waals surface area contributed by atoms with Crippen LogP contribution in [0.2, 0.25) is 0 Å². The van der Waals surface area contributed by atoms with Crippen LogP contribution in [-0.4, -0.2) is 26.8 Å². The molecular formula is C17H12N2O4. The van der Waals surface area contributed by atoms with Gasteiger partial charge in [-0.15, -0.1) is 0 Å². The highest BCUT2D eigenvalue weighted by atomic mass is 16.4. The highest BCUT2D eigenvalue weighted by Gasteiger charge is 2.10. The summed E-state index contributed by atoms with van der Waals surface area (Å²) in [5.41, 5.74) is 1.21. The quantitative estimate of drug-likeness (QED) is 0.724. The molecule has 6 nitrogen and oxygen atoms in total. The molecule has 114 valence electrons. The van der Waals surface area contributed by atoms with Crippen molar-refractivity contribution in [3.05, 3.63) is 63.9 Å². The largest absolute Gasteiger partial charge is 0.478 e. The summed E-state index contributed by atoms with van der Waals surface area (Å²) in [5.74, 6) is -0.816. The zero-order valence-corrected chi connectivity index (χ0v) is 12.2. The van der Waals surface area contributed by atoms with E-state index in [1.807, 2.05) is 0 Å². The first-order valence-electron chi connectivity index (χ1n) is 6.84. The van der Waals surface area contributed by atoms with Crippen LogP contribution in [0.3, 0.4) is 0 Å². The molecule has 2 N–H and O–H groups in total. The Labute approximate surface area is 130 Å². The van der Waals surface area contributed by atoms with Gasteiger partial charge in [-0.2, -0.15) is 0 Å². The topological polar surface area (TPSA) is 100 Å². The number of carboxylic acid groups (broad SMARTS) is 1. The van der Waals surface area contributed by atoms with E-state index in [0.717, 1.165) is 0 Å². The van der Waals surface area contributed by atoms with Crippen molar-refractivity contribution in [2.45, 2.75) is 6.92 Å². The van der Waals surface area contributed by atoms with Crippen LogP contribution in [0, 0.1) is 0 Å². The van der Waals surface area contributed by atoms with Crippen LogP contribution < -0.4 is 5.56 Å². The lowest BCUT2D eigenvalue weighted by Gasteiger charge is -2.05. The number of ketones is 1. The number of aromatic carboxylic acids is 1. The summed E-state index contributed by atoms with van der Waals surface area (Å²) in [6.07, 6.45) is 0. The predicted molar refractivity (Wildman–Crippen MR) is 84.8 cm³/mol. The summed E-state index contributed by atoms with van der Waals surface area (Å²) in [5, 5.41) is 9.36. The van der Waals surface area contributed by atoms with Crippen molar-refractivity contribution >= 4 is 22.7 Å². The first-order chi connectivity index (χ1) is 11.0. The number of H-pyrrole nitrogens is 1. The standard InChI is InChI=1S/C17H12N2O4/c1-9(20)10-2-4-11(5-3-10)15-18-14-8-12(17(22)23)6-7-13(14)16(21)19-15/h2-8H,1H3,(H,22,23)(H,18,19,21). The highest BCUT2D eigenvalue weighted by molar-refractivity contribution is 5.95. The molecular weight excluding hydrogens is 296 g/mol. The molecule has 0 aliphatic rings. The molecule has 1 aromatic heterocycles. The molecule has 3 rings (SSSR count). The van der Waals surface area contributed by atoms with Crippen molar-refractivity contribution in [3.63, 3.8) is 0 Å². The maximum atomic E-state index is 12.1. The zero-order chi connectivity index (χ0) is 16.6. The third kappa shape index (κ3) is 2.74. The SMILES string of the molecule is CC(=O)c1ccc(-c2nc3cc(C(=O)O)ccc3c(=O)[nH]2)cc1. The van der Waals surface area contributed by atoms with Gasteiger partial charge in [0.2, 0.25) is 0 Å². The van der Waals surface area contributed by atoms with Crippen LogP contribution >= 0.6 is 0 Å². The molecule has 0 atom stereocenters. The van der Waals surface area contributed by atoms with Gasteiger partial charge < -0.3 is 10.1 Å². The van der Waals surface area contributed by atoms with E-state index in [1.54, 1.807) is 24.3 Å². The van der Waals surface area contributed by atoms with Crippen LogP contribution in [-0.2, 0) is 0 Å². The summed E-state index contributed by atoms with van der Waals surface area (Å²) in [6.45, 7) is 1.47. The minimum absolute atomic E-state index is 0.0531. The van der Waals surface area contributed by atoms with Crippen LogP contribution in [0.5, 0.6) is 0 Å².